The van der Waals surface area contributed by atoms with Crippen molar-refractivity contribution in [1.82, 2.24) is 0 Å². The van der Waals surface area contributed by atoms with Crippen molar-refractivity contribution in [1.29, 1.82) is 0 Å². The van der Waals surface area contributed by atoms with Crippen LogP contribution in [-0.2, 0) is 21.2 Å². The number of rotatable bonds is 12. The van der Waals surface area contributed by atoms with Gasteiger partial charge in [-0.1, -0.05) is 60.2 Å². The van der Waals surface area contributed by atoms with Crippen LogP contribution >= 0.6 is 0 Å². The highest BCUT2D eigenvalue weighted by atomic mass is 32.2. The average molecular weight is 496 g/mol. The van der Waals surface area contributed by atoms with Crippen molar-refractivity contribution in [3.05, 3.63) is 95.6 Å². The third kappa shape index (κ3) is 8.27. The first-order chi connectivity index (χ1) is 16.7. The molecule has 0 unspecified atom stereocenters. The summed E-state index contributed by atoms with van der Waals surface area (Å²) in [6.07, 6.45) is 3.30. The maximum absolute atomic E-state index is 12.5. The van der Waals surface area contributed by atoms with E-state index in [1.807, 2.05) is 25.1 Å². The van der Waals surface area contributed by atoms with Gasteiger partial charge < -0.3 is 14.9 Å². The van der Waals surface area contributed by atoms with Gasteiger partial charge in [0.2, 0.25) is 0 Å². The highest BCUT2D eigenvalue weighted by Crippen LogP contribution is 2.22. The number of hydrogen-bond acceptors (Lipinski definition) is 5. The standard InChI is InChI=1S/C27H29NO6S/c1-20-10-14-26(22(18-20)12-15-27(30)31)34-17-16-24(29)13-11-21-6-5-7-23(19-21)28-35(32,33)25-8-3-2-4-9-25/h2-11,13-14,18-19,24,28-29H,12,15-17H2,1H3,(H,30,31)/b13-11+/t24-/m0/s1. The van der Waals surface area contributed by atoms with Crippen LogP contribution in [0.25, 0.3) is 6.08 Å². The summed E-state index contributed by atoms with van der Waals surface area (Å²) in [6.45, 7) is 2.19. The van der Waals surface area contributed by atoms with Gasteiger partial charge in [0.15, 0.2) is 0 Å². The van der Waals surface area contributed by atoms with Gasteiger partial charge in [0, 0.05) is 18.5 Å². The molecule has 7 nitrogen and oxygen atoms in total. The lowest BCUT2D eigenvalue weighted by Crippen LogP contribution is -2.12. The van der Waals surface area contributed by atoms with Crippen LogP contribution in [0.4, 0.5) is 5.69 Å². The minimum Gasteiger partial charge on any atom is -0.493 e. The number of aliphatic hydroxyl groups is 1. The van der Waals surface area contributed by atoms with Gasteiger partial charge in [0.1, 0.15) is 5.75 Å². The van der Waals surface area contributed by atoms with Crippen LogP contribution < -0.4 is 9.46 Å². The largest absolute Gasteiger partial charge is 0.493 e. The van der Waals surface area contributed by atoms with Gasteiger partial charge in [-0.15, -0.1) is 0 Å². The highest BCUT2D eigenvalue weighted by Gasteiger charge is 2.13. The molecule has 0 spiro atoms. The van der Waals surface area contributed by atoms with E-state index in [9.17, 15) is 18.3 Å². The normalized spacial score (nSPS) is 12.4. The van der Waals surface area contributed by atoms with Crippen molar-refractivity contribution in [2.75, 3.05) is 11.3 Å². The first kappa shape index (κ1) is 26.0. The van der Waals surface area contributed by atoms with E-state index < -0.39 is 22.1 Å². The summed E-state index contributed by atoms with van der Waals surface area (Å²) in [4.78, 5) is 11.1. The molecule has 0 fully saturated rings. The highest BCUT2D eigenvalue weighted by molar-refractivity contribution is 7.92. The predicted molar refractivity (Wildman–Crippen MR) is 136 cm³/mol. The molecule has 0 aliphatic rings. The van der Waals surface area contributed by atoms with E-state index in [2.05, 4.69) is 4.72 Å². The van der Waals surface area contributed by atoms with Gasteiger partial charge in [0.05, 0.1) is 17.6 Å². The van der Waals surface area contributed by atoms with E-state index >= 15 is 0 Å². The summed E-state index contributed by atoms with van der Waals surface area (Å²) in [5, 5.41) is 19.3. The molecule has 3 aromatic carbocycles. The molecular weight excluding hydrogens is 466 g/mol. The van der Waals surface area contributed by atoms with Gasteiger partial charge in [0.25, 0.3) is 10.0 Å². The van der Waals surface area contributed by atoms with E-state index in [-0.39, 0.29) is 17.9 Å². The molecule has 3 rings (SSSR count). The second kappa shape index (κ2) is 12.2. The SMILES string of the molecule is Cc1ccc(OCC[C@@H](O)/C=C/c2cccc(NS(=O)(=O)c3ccccc3)c2)c(CCC(=O)O)c1. The second-order valence-corrected chi connectivity index (χ2v) is 9.79. The van der Waals surface area contributed by atoms with Crippen LogP contribution in [0.5, 0.6) is 5.75 Å². The smallest absolute Gasteiger partial charge is 0.303 e. The maximum Gasteiger partial charge on any atom is 0.303 e. The van der Waals surface area contributed by atoms with E-state index in [4.69, 9.17) is 9.84 Å². The van der Waals surface area contributed by atoms with Crippen molar-refractivity contribution >= 4 is 27.8 Å². The van der Waals surface area contributed by atoms with Crippen LogP contribution in [0, 0.1) is 6.92 Å². The fraction of sp³-hybridized carbons (Fsp3) is 0.222. The summed E-state index contributed by atoms with van der Waals surface area (Å²) in [6, 6.07) is 20.6. The summed E-state index contributed by atoms with van der Waals surface area (Å²) in [5.41, 5.74) is 3.00. The number of hydrogen-bond donors (Lipinski definition) is 3. The second-order valence-electron chi connectivity index (χ2n) is 8.11. The third-order valence-corrected chi connectivity index (χ3v) is 6.60. The Morgan fingerprint density at radius 1 is 1.06 bits per heavy atom. The van der Waals surface area contributed by atoms with Crippen molar-refractivity contribution in [3.8, 4) is 5.75 Å². The Kier molecular flexibility index (Phi) is 9.05. The monoisotopic (exact) mass is 495 g/mol. The van der Waals surface area contributed by atoms with Crippen LogP contribution in [0.15, 0.2) is 83.8 Å². The lowest BCUT2D eigenvalue weighted by molar-refractivity contribution is -0.136. The number of benzene rings is 3. The molecule has 8 heteroatoms. The van der Waals surface area contributed by atoms with Crippen molar-refractivity contribution in [2.24, 2.45) is 0 Å². The molecular formula is C27H29NO6S. The maximum atomic E-state index is 12.5. The van der Waals surface area contributed by atoms with Crippen molar-refractivity contribution < 1.29 is 28.2 Å². The number of carboxylic acid groups (broad SMARTS) is 1. The summed E-state index contributed by atoms with van der Waals surface area (Å²) in [7, 11) is -3.69. The Labute approximate surface area is 205 Å². The Morgan fingerprint density at radius 2 is 1.83 bits per heavy atom. The summed E-state index contributed by atoms with van der Waals surface area (Å²) in [5.74, 6) is -0.249. The van der Waals surface area contributed by atoms with Gasteiger partial charge >= 0.3 is 5.97 Å². The molecule has 3 aromatic rings. The number of aryl methyl sites for hydroxylation is 2. The fourth-order valence-electron chi connectivity index (χ4n) is 3.41. The Morgan fingerprint density at radius 3 is 2.57 bits per heavy atom. The first-order valence-electron chi connectivity index (χ1n) is 11.2. The van der Waals surface area contributed by atoms with E-state index in [1.54, 1.807) is 54.6 Å². The molecule has 0 amide bonds. The Bertz CT molecular complexity index is 1270. The predicted octanol–water partition coefficient (Wildman–Crippen LogP) is 4.66. The van der Waals surface area contributed by atoms with Gasteiger partial charge in [-0.25, -0.2) is 8.42 Å². The van der Waals surface area contributed by atoms with Crippen LogP contribution in [-0.4, -0.2) is 37.3 Å². The van der Waals surface area contributed by atoms with E-state index in [0.717, 1.165) is 16.7 Å². The van der Waals surface area contributed by atoms with Crippen molar-refractivity contribution in [2.45, 2.75) is 37.2 Å². The summed E-state index contributed by atoms with van der Waals surface area (Å²) >= 11 is 0. The Balaban J connectivity index is 1.55. The van der Waals surface area contributed by atoms with Crippen LogP contribution in [0.2, 0.25) is 0 Å². The van der Waals surface area contributed by atoms with Crippen LogP contribution in [0.1, 0.15) is 29.5 Å². The molecule has 0 aliphatic heterocycles. The lowest BCUT2D eigenvalue weighted by Gasteiger charge is -2.13. The molecule has 0 radical (unpaired) electrons. The zero-order valence-electron chi connectivity index (χ0n) is 19.4. The van der Waals surface area contributed by atoms with E-state index in [1.165, 1.54) is 12.1 Å². The molecule has 3 N–H and O–H groups in total. The van der Waals surface area contributed by atoms with Crippen LogP contribution in [0.3, 0.4) is 0 Å². The zero-order valence-corrected chi connectivity index (χ0v) is 20.2. The fourth-order valence-corrected chi connectivity index (χ4v) is 4.48. The molecule has 184 valence electrons. The number of sulfonamides is 1. The third-order valence-electron chi connectivity index (χ3n) is 5.20. The number of anilines is 1. The molecule has 0 bridgehead atoms. The zero-order chi connectivity index (χ0) is 25.3. The lowest BCUT2D eigenvalue weighted by atomic mass is 10.1. The molecule has 0 aliphatic carbocycles. The average Bonchev–Trinajstić information content (AvgIpc) is 2.83. The quantitative estimate of drug-likeness (QED) is 0.337. The first-order valence-corrected chi connectivity index (χ1v) is 12.7. The summed E-state index contributed by atoms with van der Waals surface area (Å²) < 4.78 is 33.4. The molecule has 1 atom stereocenters. The molecule has 0 saturated carbocycles. The number of aliphatic hydroxyl groups excluding tert-OH is 1. The topological polar surface area (TPSA) is 113 Å². The molecule has 35 heavy (non-hydrogen) atoms. The number of nitrogens with one attached hydrogen (secondary N) is 1. The minimum absolute atomic E-state index is 0.0196. The van der Waals surface area contributed by atoms with Crippen molar-refractivity contribution in [3.63, 3.8) is 0 Å². The minimum atomic E-state index is -3.69. The number of aliphatic carboxylic acids is 1. The van der Waals surface area contributed by atoms with Gasteiger partial charge in [-0.2, -0.15) is 0 Å². The molecule has 0 heterocycles. The Hall–Kier alpha value is -3.62. The number of carboxylic acids is 1. The van der Waals surface area contributed by atoms with Gasteiger partial charge in [-0.3, -0.25) is 9.52 Å². The number of ether oxygens (including phenoxy) is 1. The molecule has 0 aromatic heterocycles. The van der Waals surface area contributed by atoms with Gasteiger partial charge in [-0.05, 0) is 54.8 Å². The number of carbonyl (C=O) groups is 1. The molecule has 0 saturated heterocycles. The van der Waals surface area contributed by atoms with E-state index in [0.29, 0.717) is 24.3 Å².